The number of nitrogen functional groups attached to an aromatic ring is 1. The molecule has 0 fully saturated rings. The molecule has 0 radical (unpaired) electrons. The number of nitrogens with two attached hydrogens (primary N) is 1. The van der Waals surface area contributed by atoms with Crippen molar-refractivity contribution >= 4 is 17.4 Å². The number of anilines is 1. The van der Waals surface area contributed by atoms with Gasteiger partial charge in [0.05, 0.1) is 5.69 Å². The maximum Gasteiger partial charge on any atom is 0.130 e. The Morgan fingerprint density at radius 1 is 1.31 bits per heavy atom. The molecule has 0 spiro atoms. The van der Waals surface area contributed by atoms with E-state index in [1.54, 1.807) is 0 Å². The van der Waals surface area contributed by atoms with Crippen molar-refractivity contribution in [3.05, 3.63) is 41.2 Å². The first-order valence-electron chi connectivity index (χ1n) is 5.07. The fourth-order valence-corrected chi connectivity index (χ4v) is 1.85. The van der Waals surface area contributed by atoms with E-state index >= 15 is 0 Å². The minimum absolute atomic E-state index is 0.535. The average Bonchev–Trinajstić information content (AvgIpc) is 2.28. The van der Waals surface area contributed by atoms with E-state index in [1.165, 1.54) is 6.33 Å². The van der Waals surface area contributed by atoms with Gasteiger partial charge in [0, 0.05) is 16.1 Å². The fraction of sp³-hybridized carbons (Fsp3) is 0.167. The molecule has 0 bridgehead atoms. The molecule has 1 aromatic heterocycles. The van der Waals surface area contributed by atoms with Gasteiger partial charge in [-0.25, -0.2) is 9.97 Å². The van der Waals surface area contributed by atoms with Crippen molar-refractivity contribution in [1.29, 1.82) is 0 Å². The number of hydrogen-bond acceptors (Lipinski definition) is 3. The minimum atomic E-state index is 0.535. The first-order valence-corrected chi connectivity index (χ1v) is 5.45. The van der Waals surface area contributed by atoms with Gasteiger partial charge in [-0.05, 0) is 18.6 Å². The van der Waals surface area contributed by atoms with Gasteiger partial charge < -0.3 is 5.73 Å². The van der Waals surface area contributed by atoms with E-state index in [0.29, 0.717) is 10.8 Å². The van der Waals surface area contributed by atoms with Gasteiger partial charge >= 0.3 is 0 Å². The molecule has 16 heavy (non-hydrogen) atoms. The van der Waals surface area contributed by atoms with Gasteiger partial charge in [-0.3, -0.25) is 0 Å². The zero-order valence-electron chi connectivity index (χ0n) is 8.94. The van der Waals surface area contributed by atoms with Crippen molar-refractivity contribution < 1.29 is 0 Å². The summed E-state index contributed by atoms with van der Waals surface area (Å²) < 4.78 is 0. The van der Waals surface area contributed by atoms with Crippen LogP contribution in [0.1, 0.15) is 12.5 Å². The van der Waals surface area contributed by atoms with Crippen molar-refractivity contribution in [2.24, 2.45) is 0 Å². The molecule has 82 valence electrons. The summed E-state index contributed by atoms with van der Waals surface area (Å²) in [5.74, 6) is 0.535. The predicted octanol–water partition coefficient (Wildman–Crippen LogP) is 2.94. The number of halogens is 1. The average molecular weight is 234 g/mol. The summed E-state index contributed by atoms with van der Waals surface area (Å²) in [6.45, 7) is 2.03. The molecule has 0 unspecified atom stereocenters. The van der Waals surface area contributed by atoms with Crippen molar-refractivity contribution in [2.75, 3.05) is 5.73 Å². The highest BCUT2D eigenvalue weighted by molar-refractivity contribution is 6.30. The molecule has 3 nitrogen and oxygen atoms in total. The maximum atomic E-state index is 5.96. The van der Waals surface area contributed by atoms with Crippen LogP contribution in [0, 0.1) is 0 Å². The highest BCUT2D eigenvalue weighted by Gasteiger charge is 2.09. The molecule has 0 aliphatic rings. The zero-order chi connectivity index (χ0) is 11.5. The SMILES string of the molecule is CCc1c(N)ncnc1-c1cccc(Cl)c1. The Bertz CT molecular complexity index is 511. The third-order valence-electron chi connectivity index (χ3n) is 2.43. The van der Waals surface area contributed by atoms with Crippen LogP contribution in [-0.4, -0.2) is 9.97 Å². The second-order valence-corrected chi connectivity index (χ2v) is 3.89. The third kappa shape index (κ3) is 1.99. The molecule has 2 rings (SSSR count). The second kappa shape index (κ2) is 4.49. The van der Waals surface area contributed by atoms with Crippen LogP contribution in [0.25, 0.3) is 11.3 Å². The van der Waals surface area contributed by atoms with Crippen molar-refractivity contribution in [3.8, 4) is 11.3 Å². The molecule has 1 aromatic carbocycles. The summed E-state index contributed by atoms with van der Waals surface area (Å²) in [4.78, 5) is 8.26. The van der Waals surface area contributed by atoms with Crippen molar-refractivity contribution in [1.82, 2.24) is 9.97 Å². The first kappa shape index (κ1) is 10.9. The smallest absolute Gasteiger partial charge is 0.130 e. The van der Waals surface area contributed by atoms with Crippen LogP contribution in [0.4, 0.5) is 5.82 Å². The van der Waals surface area contributed by atoms with E-state index in [-0.39, 0.29) is 0 Å². The molecule has 0 saturated heterocycles. The van der Waals surface area contributed by atoms with Crippen LogP contribution in [0.3, 0.4) is 0 Å². The van der Waals surface area contributed by atoms with E-state index in [0.717, 1.165) is 23.2 Å². The second-order valence-electron chi connectivity index (χ2n) is 3.45. The quantitative estimate of drug-likeness (QED) is 0.868. The highest BCUT2D eigenvalue weighted by Crippen LogP contribution is 2.26. The molecule has 0 amide bonds. The van der Waals surface area contributed by atoms with Crippen LogP contribution in [0.2, 0.25) is 5.02 Å². The lowest BCUT2D eigenvalue weighted by Gasteiger charge is -2.08. The van der Waals surface area contributed by atoms with Crippen LogP contribution in [0.5, 0.6) is 0 Å². The molecule has 0 atom stereocenters. The minimum Gasteiger partial charge on any atom is -0.383 e. The molecule has 1 heterocycles. The number of hydrogen-bond donors (Lipinski definition) is 1. The third-order valence-corrected chi connectivity index (χ3v) is 2.67. The molecule has 0 saturated carbocycles. The topological polar surface area (TPSA) is 51.8 Å². The normalized spacial score (nSPS) is 10.4. The molecule has 0 aliphatic carbocycles. The van der Waals surface area contributed by atoms with Gasteiger partial charge in [-0.15, -0.1) is 0 Å². The van der Waals surface area contributed by atoms with E-state index in [4.69, 9.17) is 17.3 Å². The summed E-state index contributed by atoms with van der Waals surface area (Å²) in [5.41, 5.74) is 8.62. The van der Waals surface area contributed by atoms with E-state index in [9.17, 15) is 0 Å². The van der Waals surface area contributed by atoms with Crippen LogP contribution >= 0.6 is 11.6 Å². The van der Waals surface area contributed by atoms with Crippen LogP contribution in [-0.2, 0) is 6.42 Å². The number of rotatable bonds is 2. The van der Waals surface area contributed by atoms with Crippen LogP contribution in [0.15, 0.2) is 30.6 Å². The highest BCUT2D eigenvalue weighted by atomic mass is 35.5. The maximum absolute atomic E-state index is 5.96. The van der Waals surface area contributed by atoms with Crippen LogP contribution < -0.4 is 5.73 Å². The number of benzene rings is 1. The molecule has 0 aliphatic heterocycles. The Morgan fingerprint density at radius 3 is 2.81 bits per heavy atom. The largest absolute Gasteiger partial charge is 0.383 e. The Balaban J connectivity index is 2.60. The summed E-state index contributed by atoms with van der Waals surface area (Å²) >= 11 is 5.96. The van der Waals surface area contributed by atoms with E-state index < -0.39 is 0 Å². The van der Waals surface area contributed by atoms with Gasteiger partial charge in [-0.1, -0.05) is 30.7 Å². The van der Waals surface area contributed by atoms with Gasteiger partial charge in [0.15, 0.2) is 0 Å². The fourth-order valence-electron chi connectivity index (χ4n) is 1.66. The first-order chi connectivity index (χ1) is 7.72. The van der Waals surface area contributed by atoms with Gasteiger partial charge in [0.25, 0.3) is 0 Å². The lowest BCUT2D eigenvalue weighted by molar-refractivity contribution is 1.06. The Hall–Kier alpha value is -1.61. The summed E-state index contributed by atoms with van der Waals surface area (Å²) in [7, 11) is 0. The molecular formula is C12H12ClN3. The Kier molecular flexibility index (Phi) is 3.06. The standard InChI is InChI=1S/C12H12ClN3/c1-2-10-11(15-7-16-12(10)14)8-4-3-5-9(13)6-8/h3-7H,2H2,1H3,(H2,14,15,16). The van der Waals surface area contributed by atoms with E-state index in [1.807, 2.05) is 31.2 Å². The number of aromatic nitrogens is 2. The Labute approximate surface area is 99.3 Å². The van der Waals surface area contributed by atoms with Crippen molar-refractivity contribution in [3.63, 3.8) is 0 Å². The molecule has 2 N–H and O–H groups in total. The molecule has 2 aromatic rings. The van der Waals surface area contributed by atoms with Gasteiger partial charge in [0.1, 0.15) is 12.1 Å². The molecule has 4 heteroatoms. The summed E-state index contributed by atoms with van der Waals surface area (Å²) in [6.07, 6.45) is 2.28. The van der Waals surface area contributed by atoms with Gasteiger partial charge in [0.2, 0.25) is 0 Å². The zero-order valence-corrected chi connectivity index (χ0v) is 9.70. The lowest BCUT2D eigenvalue weighted by Crippen LogP contribution is -2.01. The predicted molar refractivity (Wildman–Crippen MR) is 66.3 cm³/mol. The summed E-state index contributed by atoms with van der Waals surface area (Å²) in [5, 5.41) is 0.691. The van der Waals surface area contributed by atoms with Gasteiger partial charge in [-0.2, -0.15) is 0 Å². The Morgan fingerprint density at radius 2 is 2.12 bits per heavy atom. The lowest BCUT2D eigenvalue weighted by atomic mass is 10.0. The van der Waals surface area contributed by atoms with Crippen molar-refractivity contribution in [2.45, 2.75) is 13.3 Å². The van der Waals surface area contributed by atoms with E-state index in [2.05, 4.69) is 9.97 Å². The monoisotopic (exact) mass is 233 g/mol. The number of nitrogens with zero attached hydrogens (tertiary/aromatic N) is 2. The molecular weight excluding hydrogens is 222 g/mol. The summed E-state index contributed by atoms with van der Waals surface area (Å²) in [6, 6.07) is 7.58.